The summed E-state index contributed by atoms with van der Waals surface area (Å²) in [5.41, 5.74) is 5.25. The molecule has 30 heavy (non-hydrogen) atoms. The van der Waals surface area contributed by atoms with Crippen LogP contribution in [0.2, 0.25) is 0 Å². The van der Waals surface area contributed by atoms with E-state index in [0.29, 0.717) is 6.42 Å². The SMILES string of the molecule is Cc1nn(-c2ccccc2)c(C)c1CC(=O)N(C)C1CCCN(c2ccccc2)C1. The first-order valence-electron chi connectivity index (χ1n) is 10.7. The van der Waals surface area contributed by atoms with Gasteiger partial charge in [0.1, 0.15) is 0 Å². The number of hydrogen-bond donors (Lipinski definition) is 0. The summed E-state index contributed by atoms with van der Waals surface area (Å²) < 4.78 is 1.94. The highest BCUT2D eigenvalue weighted by Crippen LogP contribution is 2.23. The van der Waals surface area contributed by atoms with Gasteiger partial charge in [-0.15, -0.1) is 0 Å². The predicted octanol–water partition coefficient (Wildman–Crippen LogP) is 4.16. The first-order valence-corrected chi connectivity index (χ1v) is 10.7. The zero-order valence-electron chi connectivity index (χ0n) is 18.1. The molecule has 1 atom stereocenters. The van der Waals surface area contributed by atoms with Crippen LogP contribution in [0.3, 0.4) is 0 Å². The largest absolute Gasteiger partial charge is 0.369 e. The van der Waals surface area contributed by atoms with Gasteiger partial charge in [-0.25, -0.2) is 4.68 Å². The molecule has 5 heteroatoms. The second-order valence-electron chi connectivity index (χ2n) is 8.16. The van der Waals surface area contributed by atoms with Gasteiger partial charge in [-0.2, -0.15) is 5.10 Å². The molecule has 0 spiro atoms. The van der Waals surface area contributed by atoms with Crippen molar-refractivity contribution in [1.82, 2.24) is 14.7 Å². The van der Waals surface area contributed by atoms with Crippen LogP contribution in [0.25, 0.3) is 5.69 Å². The molecule has 1 aliphatic heterocycles. The monoisotopic (exact) mass is 402 g/mol. The minimum Gasteiger partial charge on any atom is -0.369 e. The lowest BCUT2D eigenvalue weighted by Crippen LogP contribution is -2.49. The van der Waals surface area contributed by atoms with Crippen LogP contribution in [0.1, 0.15) is 29.8 Å². The molecule has 1 aromatic heterocycles. The molecule has 4 rings (SSSR count). The third-order valence-corrected chi connectivity index (χ3v) is 6.23. The van der Waals surface area contributed by atoms with E-state index in [1.807, 2.05) is 66.9 Å². The van der Waals surface area contributed by atoms with Crippen LogP contribution in [0.15, 0.2) is 60.7 Å². The molecule has 1 saturated heterocycles. The van der Waals surface area contributed by atoms with E-state index in [-0.39, 0.29) is 11.9 Å². The van der Waals surface area contributed by atoms with E-state index in [1.165, 1.54) is 5.69 Å². The summed E-state index contributed by atoms with van der Waals surface area (Å²) in [6.07, 6.45) is 2.54. The van der Waals surface area contributed by atoms with Gasteiger partial charge in [-0.3, -0.25) is 4.79 Å². The van der Waals surface area contributed by atoms with E-state index in [9.17, 15) is 4.79 Å². The molecule has 156 valence electrons. The van der Waals surface area contributed by atoms with Gasteiger partial charge in [0, 0.05) is 43.1 Å². The van der Waals surface area contributed by atoms with Gasteiger partial charge in [0.15, 0.2) is 0 Å². The molecule has 0 radical (unpaired) electrons. The number of para-hydroxylation sites is 2. The van der Waals surface area contributed by atoms with Crippen molar-refractivity contribution in [3.8, 4) is 5.69 Å². The average molecular weight is 403 g/mol. The zero-order valence-corrected chi connectivity index (χ0v) is 18.1. The lowest BCUT2D eigenvalue weighted by atomic mass is 10.0. The zero-order chi connectivity index (χ0) is 21.1. The maximum atomic E-state index is 13.2. The van der Waals surface area contributed by atoms with E-state index in [0.717, 1.165) is 48.6 Å². The van der Waals surface area contributed by atoms with Gasteiger partial charge in [0.05, 0.1) is 17.8 Å². The number of nitrogens with zero attached hydrogens (tertiary/aromatic N) is 4. The first-order chi connectivity index (χ1) is 14.5. The number of aryl methyl sites for hydroxylation is 1. The number of piperidine rings is 1. The fourth-order valence-corrected chi connectivity index (χ4v) is 4.38. The second kappa shape index (κ2) is 8.74. The summed E-state index contributed by atoms with van der Waals surface area (Å²) in [6, 6.07) is 20.8. The number of aromatic nitrogens is 2. The van der Waals surface area contributed by atoms with Gasteiger partial charge < -0.3 is 9.80 Å². The number of amides is 1. The van der Waals surface area contributed by atoms with Gasteiger partial charge in [-0.05, 0) is 51.0 Å². The molecule has 1 unspecified atom stereocenters. The maximum Gasteiger partial charge on any atom is 0.227 e. The van der Waals surface area contributed by atoms with Crippen molar-refractivity contribution >= 4 is 11.6 Å². The lowest BCUT2D eigenvalue weighted by Gasteiger charge is -2.39. The molecule has 1 amide bonds. The van der Waals surface area contributed by atoms with Crippen molar-refractivity contribution in [3.05, 3.63) is 77.6 Å². The Hall–Kier alpha value is -3.08. The van der Waals surface area contributed by atoms with E-state index in [2.05, 4.69) is 29.2 Å². The van der Waals surface area contributed by atoms with Gasteiger partial charge in [-0.1, -0.05) is 36.4 Å². The van der Waals surface area contributed by atoms with Crippen LogP contribution < -0.4 is 4.90 Å². The third-order valence-electron chi connectivity index (χ3n) is 6.23. The molecule has 1 aliphatic rings. The van der Waals surface area contributed by atoms with Gasteiger partial charge in [0.2, 0.25) is 5.91 Å². The second-order valence-corrected chi connectivity index (χ2v) is 8.16. The molecule has 0 bridgehead atoms. The smallest absolute Gasteiger partial charge is 0.227 e. The van der Waals surface area contributed by atoms with Crippen molar-refractivity contribution < 1.29 is 4.79 Å². The van der Waals surface area contributed by atoms with Crippen LogP contribution in [0, 0.1) is 13.8 Å². The Morgan fingerprint density at radius 3 is 2.33 bits per heavy atom. The molecular formula is C25H30N4O. The Morgan fingerprint density at radius 1 is 1.03 bits per heavy atom. The highest BCUT2D eigenvalue weighted by atomic mass is 16.2. The highest BCUT2D eigenvalue weighted by Gasteiger charge is 2.27. The van der Waals surface area contributed by atoms with Crippen molar-refractivity contribution in [2.45, 2.75) is 39.2 Å². The Labute approximate surface area is 178 Å². The lowest BCUT2D eigenvalue weighted by molar-refractivity contribution is -0.131. The van der Waals surface area contributed by atoms with E-state index in [1.54, 1.807) is 0 Å². The minimum atomic E-state index is 0.161. The molecule has 3 aromatic rings. The number of rotatable bonds is 5. The van der Waals surface area contributed by atoms with E-state index in [4.69, 9.17) is 5.10 Å². The molecule has 2 aromatic carbocycles. The Bertz CT molecular complexity index is 997. The predicted molar refractivity (Wildman–Crippen MR) is 121 cm³/mol. The van der Waals surface area contributed by atoms with Crippen molar-refractivity contribution in [1.29, 1.82) is 0 Å². The standard InChI is InChI=1S/C25H30N4O/c1-19-24(20(2)29(26-19)22-13-8-5-9-14-22)17-25(30)27(3)23-15-10-16-28(18-23)21-11-6-4-7-12-21/h4-9,11-14,23H,10,15-18H2,1-3H3. The molecule has 1 fully saturated rings. The van der Waals surface area contributed by atoms with Crippen LogP contribution in [-0.4, -0.2) is 46.8 Å². The fraction of sp³-hybridized carbons (Fsp3) is 0.360. The number of likely N-dealkylation sites (N-methyl/N-ethyl adjacent to an activating group) is 1. The fourth-order valence-electron chi connectivity index (χ4n) is 4.38. The van der Waals surface area contributed by atoms with Crippen molar-refractivity contribution in [2.24, 2.45) is 0 Å². The van der Waals surface area contributed by atoms with Crippen LogP contribution >= 0.6 is 0 Å². The van der Waals surface area contributed by atoms with Crippen LogP contribution in [-0.2, 0) is 11.2 Å². The summed E-state index contributed by atoms with van der Waals surface area (Å²) in [4.78, 5) is 17.5. The van der Waals surface area contributed by atoms with E-state index < -0.39 is 0 Å². The molecule has 0 saturated carbocycles. The topological polar surface area (TPSA) is 41.4 Å². The Balaban J connectivity index is 1.47. The Kier molecular flexibility index (Phi) is 5.88. The van der Waals surface area contributed by atoms with Crippen LogP contribution in [0.4, 0.5) is 5.69 Å². The van der Waals surface area contributed by atoms with Crippen molar-refractivity contribution in [3.63, 3.8) is 0 Å². The normalized spacial score (nSPS) is 16.5. The summed E-state index contributed by atoms with van der Waals surface area (Å²) >= 11 is 0. The summed E-state index contributed by atoms with van der Waals surface area (Å²) in [6.45, 7) is 5.97. The summed E-state index contributed by atoms with van der Waals surface area (Å²) in [5, 5.41) is 4.69. The Morgan fingerprint density at radius 2 is 1.67 bits per heavy atom. The summed E-state index contributed by atoms with van der Waals surface area (Å²) in [5.74, 6) is 0.161. The number of hydrogen-bond acceptors (Lipinski definition) is 3. The van der Waals surface area contributed by atoms with Crippen molar-refractivity contribution in [2.75, 3.05) is 25.0 Å². The third kappa shape index (κ3) is 4.11. The first kappa shape index (κ1) is 20.2. The molecule has 5 nitrogen and oxygen atoms in total. The number of carbonyl (C=O) groups excluding carboxylic acids is 1. The quantitative estimate of drug-likeness (QED) is 0.644. The van der Waals surface area contributed by atoms with Crippen LogP contribution in [0.5, 0.6) is 0 Å². The van der Waals surface area contributed by atoms with E-state index >= 15 is 0 Å². The molecular weight excluding hydrogens is 372 g/mol. The molecule has 0 N–H and O–H groups in total. The summed E-state index contributed by atoms with van der Waals surface area (Å²) in [7, 11) is 1.95. The maximum absolute atomic E-state index is 13.2. The average Bonchev–Trinajstić information content (AvgIpc) is 3.08. The number of benzene rings is 2. The van der Waals surface area contributed by atoms with Gasteiger partial charge in [0.25, 0.3) is 0 Å². The number of anilines is 1. The van der Waals surface area contributed by atoms with Gasteiger partial charge >= 0.3 is 0 Å². The minimum absolute atomic E-state index is 0.161. The highest BCUT2D eigenvalue weighted by molar-refractivity contribution is 5.79. The molecule has 2 heterocycles. The number of carbonyl (C=O) groups is 1. The molecule has 0 aliphatic carbocycles.